The van der Waals surface area contributed by atoms with E-state index in [1.54, 1.807) is 0 Å². The number of hydrogen-bond acceptors (Lipinski definition) is 5. The topological polar surface area (TPSA) is 54.0 Å². The van der Waals surface area contributed by atoms with Crippen LogP contribution >= 0.6 is 0 Å². The molecule has 0 spiro atoms. The van der Waals surface area contributed by atoms with Gasteiger partial charge in [-0.2, -0.15) is 0 Å². The highest BCUT2D eigenvalue weighted by molar-refractivity contribution is 5.94. The Morgan fingerprint density at radius 1 is 0.929 bits per heavy atom. The number of nitrogens with one attached hydrogen (secondary N) is 1. The van der Waals surface area contributed by atoms with Gasteiger partial charge in [-0.3, -0.25) is 14.6 Å². The Hall–Kier alpha value is -2.57. The van der Waals surface area contributed by atoms with Crippen molar-refractivity contribution in [1.82, 2.24) is 15.1 Å². The van der Waals surface area contributed by atoms with Gasteiger partial charge in [0, 0.05) is 51.4 Å². The van der Waals surface area contributed by atoms with Crippen LogP contribution in [0.15, 0.2) is 42.5 Å². The van der Waals surface area contributed by atoms with Crippen molar-refractivity contribution in [3.8, 4) is 11.5 Å². The van der Waals surface area contributed by atoms with E-state index in [0.717, 1.165) is 56.3 Å². The van der Waals surface area contributed by atoms with Crippen LogP contribution in [0.1, 0.15) is 28.4 Å². The first kappa shape index (κ1) is 18.8. The van der Waals surface area contributed by atoms with E-state index in [2.05, 4.69) is 33.3 Å². The normalized spacial score (nSPS) is 16.9. The van der Waals surface area contributed by atoms with Crippen LogP contribution < -0.4 is 14.8 Å². The van der Waals surface area contributed by atoms with Crippen molar-refractivity contribution < 1.29 is 14.3 Å². The van der Waals surface area contributed by atoms with Crippen LogP contribution in [-0.4, -0.2) is 55.2 Å². The van der Waals surface area contributed by atoms with Gasteiger partial charge < -0.3 is 14.8 Å². The molecule has 1 fully saturated rings. The molecule has 0 radical (unpaired) electrons. The number of rotatable bonds is 6. The number of hydrogen-bond donors (Lipinski definition) is 1. The summed E-state index contributed by atoms with van der Waals surface area (Å²) in [6.07, 6.45) is 0. The van der Waals surface area contributed by atoms with E-state index in [0.29, 0.717) is 13.3 Å². The van der Waals surface area contributed by atoms with E-state index >= 15 is 0 Å². The molecule has 1 amide bonds. The average molecular weight is 381 g/mol. The molecule has 2 aliphatic rings. The van der Waals surface area contributed by atoms with Gasteiger partial charge in [-0.05, 0) is 42.3 Å². The Morgan fingerprint density at radius 3 is 2.32 bits per heavy atom. The average Bonchev–Trinajstić information content (AvgIpc) is 3.18. The molecule has 0 aliphatic carbocycles. The quantitative estimate of drug-likeness (QED) is 0.833. The molecule has 28 heavy (non-hydrogen) atoms. The van der Waals surface area contributed by atoms with Crippen LogP contribution in [0.4, 0.5) is 0 Å². The van der Waals surface area contributed by atoms with Gasteiger partial charge in [-0.15, -0.1) is 0 Å². The first-order chi connectivity index (χ1) is 13.7. The molecule has 2 aromatic carbocycles. The maximum atomic E-state index is 12.0. The first-order valence-electron chi connectivity index (χ1n) is 9.91. The molecule has 0 unspecified atom stereocenters. The number of amides is 1. The Morgan fingerprint density at radius 2 is 1.61 bits per heavy atom. The maximum Gasteiger partial charge on any atom is 0.251 e. The monoisotopic (exact) mass is 381 g/mol. The molecule has 6 heteroatoms. The van der Waals surface area contributed by atoms with E-state index in [-0.39, 0.29) is 5.91 Å². The Labute approximate surface area is 166 Å². The van der Waals surface area contributed by atoms with Gasteiger partial charge in [0.25, 0.3) is 5.91 Å². The van der Waals surface area contributed by atoms with Crippen molar-refractivity contribution >= 4 is 5.91 Å². The van der Waals surface area contributed by atoms with E-state index in [4.69, 9.17) is 9.47 Å². The Kier molecular flexibility index (Phi) is 5.78. The second kappa shape index (κ2) is 8.63. The molecule has 148 valence electrons. The fourth-order valence-electron chi connectivity index (χ4n) is 3.73. The van der Waals surface area contributed by atoms with E-state index in [1.807, 2.05) is 31.2 Å². The number of nitrogens with zero attached hydrogens (tertiary/aromatic N) is 2. The van der Waals surface area contributed by atoms with E-state index < -0.39 is 0 Å². The smallest absolute Gasteiger partial charge is 0.251 e. The molecular weight excluding hydrogens is 354 g/mol. The van der Waals surface area contributed by atoms with Crippen LogP contribution in [0.5, 0.6) is 11.5 Å². The van der Waals surface area contributed by atoms with E-state index in [1.165, 1.54) is 11.1 Å². The third kappa shape index (κ3) is 4.46. The van der Waals surface area contributed by atoms with Crippen molar-refractivity contribution in [1.29, 1.82) is 0 Å². The van der Waals surface area contributed by atoms with Gasteiger partial charge in [0.15, 0.2) is 11.5 Å². The highest BCUT2D eigenvalue weighted by atomic mass is 16.7. The molecule has 4 rings (SSSR count). The van der Waals surface area contributed by atoms with Crippen molar-refractivity contribution in [3.63, 3.8) is 0 Å². The molecular formula is C22H27N3O3. The molecule has 2 aromatic rings. The predicted octanol–water partition coefficient (Wildman–Crippen LogP) is 2.48. The number of carbonyl (C=O) groups excluding carboxylic acids is 1. The lowest BCUT2D eigenvalue weighted by Gasteiger charge is -2.34. The van der Waals surface area contributed by atoms with Crippen molar-refractivity contribution in [2.45, 2.75) is 20.0 Å². The number of carbonyl (C=O) groups is 1. The largest absolute Gasteiger partial charge is 0.454 e. The number of benzene rings is 2. The number of fused-ring (bicyclic) bond motifs is 1. The summed E-state index contributed by atoms with van der Waals surface area (Å²) in [5.41, 5.74) is 3.18. The second-order valence-electron chi connectivity index (χ2n) is 7.30. The lowest BCUT2D eigenvalue weighted by molar-refractivity contribution is 0.0955. The molecule has 0 saturated carbocycles. The maximum absolute atomic E-state index is 12.0. The fraction of sp³-hybridized carbons (Fsp3) is 0.409. The molecule has 1 saturated heterocycles. The highest BCUT2D eigenvalue weighted by Gasteiger charge is 2.19. The second-order valence-corrected chi connectivity index (χ2v) is 7.30. The summed E-state index contributed by atoms with van der Waals surface area (Å²) in [6, 6.07) is 14.1. The van der Waals surface area contributed by atoms with Crippen molar-refractivity contribution in [2.75, 3.05) is 39.5 Å². The van der Waals surface area contributed by atoms with Crippen LogP contribution in [-0.2, 0) is 13.1 Å². The summed E-state index contributed by atoms with van der Waals surface area (Å²) in [6.45, 7) is 8.82. The summed E-state index contributed by atoms with van der Waals surface area (Å²) in [4.78, 5) is 17.0. The summed E-state index contributed by atoms with van der Waals surface area (Å²) < 4.78 is 10.9. The van der Waals surface area contributed by atoms with Gasteiger partial charge in [-0.1, -0.05) is 18.2 Å². The lowest BCUT2D eigenvalue weighted by Crippen LogP contribution is -2.45. The van der Waals surface area contributed by atoms with Gasteiger partial charge in [-0.25, -0.2) is 0 Å². The predicted molar refractivity (Wildman–Crippen MR) is 108 cm³/mol. The Bertz CT molecular complexity index is 832. The Balaban J connectivity index is 1.29. The van der Waals surface area contributed by atoms with Crippen LogP contribution in [0.25, 0.3) is 0 Å². The minimum atomic E-state index is -0.00195. The van der Waals surface area contributed by atoms with Gasteiger partial charge >= 0.3 is 0 Å². The van der Waals surface area contributed by atoms with Crippen LogP contribution in [0.2, 0.25) is 0 Å². The first-order valence-corrected chi connectivity index (χ1v) is 9.91. The zero-order valence-corrected chi connectivity index (χ0v) is 16.3. The zero-order valence-electron chi connectivity index (χ0n) is 16.3. The fourth-order valence-corrected chi connectivity index (χ4v) is 3.73. The number of piperazine rings is 1. The molecule has 6 nitrogen and oxygen atoms in total. The van der Waals surface area contributed by atoms with Gasteiger partial charge in [0.1, 0.15) is 0 Å². The summed E-state index contributed by atoms with van der Waals surface area (Å²) >= 11 is 0. The van der Waals surface area contributed by atoms with Crippen molar-refractivity contribution in [3.05, 3.63) is 59.2 Å². The molecule has 2 aliphatic heterocycles. The molecule has 0 atom stereocenters. The number of ether oxygens (including phenoxy) is 2. The SMILES string of the molecule is CCNC(=O)c1cccc(CN2CCN(Cc3ccc4c(c3)OCO4)CC2)c1. The summed E-state index contributed by atoms with van der Waals surface area (Å²) in [7, 11) is 0. The lowest BCUT2D eigenvalue weighted by atomic mass is 10.1. The van der Waals surface area contributed by atoms with Crippen LogP contribution in [0, 0.1) is 0 Å². The van der Waals surface area contributed by atoms with Gasteiger partial charge in [0.05, 0.1) is 0 Å². The summed E-state index contributed by atoms with van der Waals surface area (Å²) in [5, 5.41) is 2.86. The summed E-state index contributed by atoms with van der Waals surface area (Å²) in [5.74, 6) is 1.68. The minimum Gasteiger partial charge on any atom is -0.454 e. The standard InChI is InChI=1S/C22H27N3O3/c1-2-23-22(26)19-5-3-4-17(12-19)14-24-8-10-25(11-9-24)15-18-6-7-20-21(13-18)28-16-27-20/h3-7,12-13H,2,8-11,14-16H2,1H3,(H,23,26). The minimum absolute atomic E-state index is 0.00195. The molecule has 2 heterocycles. The zero-order chi connectivity index (χ0) is 19.3. The van der Waals surface area contributed by atoms with Crippen LogP contribution in [0.3, 0.4) is 0 Å². The molecule has 0 aromatic heterocycles. The third-order valence-corrected chi connectivity index (χ3v) is 5.24. The third-order valence-electron chi connectivity index (χ3n) is 5.24. The molecule has 1 N–H and O–H groups in total. The molecule has 0 bridgehead atoms. The highest BCUT2D eigenvalue weighted by Crippen LogP contribution is 2.32. The van der Waals surface area contributed by atoms with E-state index in [9.17, 15) is 4.79 Å². The van der Waals surface area contributed by atoms with Crippen molar-refractivity contribution in [2.24, 2.45) is 0 Å². The van der Waals surface area contributed by atoms with Gasteiger partial charge in [0.2, 0.25) is 6.79 Å².